The molecule has 0 bridgehead atoms. The van der Waals surface area contributed by atoms with E-state index in [1.807, 2.05) is 61.5 Å². The maximum absolute atomic E-state index is 14.3. The topological polar surface area (TPSA) is 96.0 Å². The monoisotopic (exact) mass is 619 g/mol. The van der Waals surface area contributed by atoms with Gasteiger partial charge in [-0.05, 0) is 66.6 Å². The number of benzene rings is 4. The second kappa shape index (κ2) is 14.2. The van der Waals surface area contributed by atoms with Crippen LogP contribution < -0.4 is 14.4 Å². The summed E-state index contributed by atoms with van der Waals surface area (Å²) in [5.74, 6) is -0.411. The molecule has 0 heterocycles. The van der Waals surface area contributed by atoms with E-state index in [0.29, 0.717) is 10.8 Å². The number of rotatable bonds is 12. The van der Waals surface area contributed by atoms with Crippen molar-refractivity contribution in [1.82, 2.24) is 10.2 Å². The summed E-state index contributed by atoms with van der Waals surface area (Å²) in [4.78, 5) is 29.1. The molecule has 0 aliphatic rings. The largest absolute Gasteiger partial charge is 0.497 e. The Bertz CT molecular complexity index is 1650. The van der Waals surface area contributed by atoms with Crippen molar-refractivity contribution in [2.45, 2.75) is 30.8 Å². The van der Waals surface area contributed by atoms with Crippen LogP contribution in [0.25, 0.3) is 0 Å². The average Bonchev–Trinajstić information content (AvgIpc) is 3.02. The molecule has 0 aliphatic carbocycles. The third kappa shape index (κ3) is 7.94. The number of carbonyl (C=O) groups is 2. The lowest BCUT2D eigenvalue weighted by Crippen LogP contribution is -2.53. The number of nitrogens with zero attached hydrogens (tertiary/aromatic N) is 2. The summed E-state index contributed by atoms with van der Waals surface area (Å²) in [5, 5.41) is 3.10. The van der Waals surface area contributed by atoms with Crippen LogP contribution in [0, 0.1) is 6.92 Å². The van der Waals surface area contributed by atoms with E-state index in [4.69, 9.17) is 16.3 Å². The highest BCUT2D eigenvalue weighted by molar-refractivity contribution is 7.92. The molecular weight excluding hydrogens is 586 g/mol. The van der Waals surface area contributed by atoms with E-state index in [9.17, 15) is 18.0 Å². The molecule has 8 nitrogen and oxygen atoms in total. The van der Waals surface area contributed by atoms with Gasteiger partial charge in [0.25, 0.3) is 10.0 Å². The van der Waals surface area contributed by atoms with Gasteiger partial charge >= 0.3 is 0 Å². The third-order valence-corrected chi connectivity index (χ3v) is 9.03. The number of anilines is 1. The Morgan fingerprint density at radius 1 is 0.884 bits per heavy atom. The summed E-state index contributed by atoms with van der Waals surface area (Å²) in [5.41, 5.74) is 2.92. The molecule has 0 aromatic heterocycles. The van der Waals surface area contributed by atoms with E-state index in [0.717, 1.165) is 21.0 Å². The third-order valence-electron chi connectivity index (χ3n) is 6.99. The Morgan fingerprint density at radius 3 is 2.14 bits per heavy atom. The van der Waals surface area contributed by atoms with E-state index in [2.05, 4.69) is 5.32 Å². The molecule has 0 fully saturated rings. The summed E-state index contributed by atoms with van der Waals surface area (Å²) < 4.78 is 34.3. The number of methoxy groups -OCH3 is 1. The Kier molecular flexibility index (Phi) is 10.4. The van der Waals surface area contributed by atoms with Crippen LogP contribution in [0.3, 0.4) is 0 Å². The standard InChI is InChI=1S/C33H34ClN3O5S/c1-24-8-7-11-26(20-24)22-36(31(33(39)35-2)21-25-9-5-4-6-10-25)32(38)23-37(28-14-12-27(34)13-15-28)43(40,41)30-18-16-29(42-3)17-19-30/h4-20,31H,21-23H2,1-3H3,(H,35,39)/t31-/m0/s1. The zero-order valence-corrected chi connectivity index (χ0v) is 25.8. The molecule has 0 saturated heterocycles. The zero-order chi connectivity index (χ0) is 31.0. The zero-order valence-electron chi connectivity index (χ0n) is 24.2. The molecule has 4 aromatic carbocycles. The molecule has 0 spiro atoms. The van der Waals surface area contributed by atoms with Gasteiger partial charge in [-0.1, -0.05) is 71.8 Å². The SMILES string of the molecule is CNC(=O)[C@H](Cc1ccccc1)N(Cc1cccc(C)c1)C(=O)CN(c1ccc(Cl)cc1)S(=O)(=O)c1ccc(OC)cc1. The Balaban J connectivity index is 1.78. The molecule has 2 amide bonds. The van der Waals surface area contributed by atoms with Gasteiger partial charge in [-0.25, -0.2) is 8.42 Å². The van der Waals surface area contributed by atoms with Crippen LogP contribution in [0.5, 0.6) is 5.75 Å². The lowest BCUT2D eigenvalue weighted by molar-refractivity contribution is -0.139. The number of halogens is 1. The van der Waals surface area contributed by atoms with E-state index < -0.39 is 28.5 Å². The van der Waals surface area contributed by atoms with Gasteiger partial charge in [0, 0.05) is 25.0 Å². The van der Waals surface area contributed by atoms with E-state index in [1.54, 1.807) is 36.4 Å². The summed E-state index contributed by atoms with van der Waals surface area (Å²) >= 11 is 6.11. The van der Waals surface area contributed by atoms with Crippen molar-refractivity contribution in [2.24, 2.45) is 0 Å². The van der Waals surface area contributed by atoms with E-state index in [-0.39, 0.29) is 29.5 Å². The summed E-state index contributed by atoms with van der Waals surface area (Å²) in [6.45, 7) is 1.49. The van der Waals surface area contributed by atoms with Crippen molar-refractivity contribution < 1.29 is 22.7 Å². The minimum absolute atomic E-state index is 0.0200. The van der Waals surface area contributed by atoms with Gasteiger partial charge < -0.3 is 15.0 Å². The minimum atomic E-state index is -4.22. The van der Waals surface area contributed by atoms with Crippen molar-refractivity contribution in [1.29, 1.82) is 0 Å². The fourth-order valence-corrected chi connectivity index (χ4v) is 6.28. The number of aryl methyl sites for hydroxylation is 1. The molecule has 0 unspecified atom stereocenters. The lowest BCUT2D eigenvalue weighted by atomic mass is 10.0. The first-order chi connectivity index (χ1) is 20.6. The number of carbonyl (C=O) groups excluding carboxylic acids is 2. The molecule has 10 heteroatoms. The maximum Gasteiger partial charge on any atom is 0.264 e. The Morgan fingerprint density at radius 2 is 1.53 bits per heavy atom. The summed E-state index contributed by atoms with van der Waals surface area (Å²) in [7, 11) is -1.22. The smallest absolute Gasteiger partial charge is 0.264 e. The predicted octanol–water partition coefficient (Wildman–Crippen LogP) is 5.24. The van der Waals surface area contributed by atoms with Crippen LogP contribution in [0.15, 0.2) is 108 Å². The Hall–Kier alpha value is -4.34. The number of hydrogen-bond acceptors (Lipinski definition) is 5. The molecule has 0 aliphatic heterocycles. The van der Waals surface area contributed by atoms with E-state index in [1.165, 1.54) is 31.2 Å². The van der Waals surface area contributed by atoms with Gasteiger partial charge in [-0.3, -0.25) is 13.9 Å². The summed E-state index contributed by atoms with van der Waals surface area (Å²) in [6, 6.07) is 28.3. The second-order valence-corrected chi connectivity index (χ2v) is 12.3. The lowest BCUT2D eigenvalue weighted by Gasteiger charge is -2.33. The van der Waals surface area contributed by atoms with Gasteiger partial charge in [-0.15, -0.1) is 0 Å². The van der Waals surface area contributed by atoms with Crippen LogP contribution in [0.1, 0.15) is 16.7 Å². The van der Waals surface area contributed by atoms with Crippen molar-refractivity contribution in [3.63, 3.8) is 0 Å². The first-order valence-electron chi connectivity index (χ1n) is 13.6. The van der Waals surface area contributed by atoms with Gasteiger partial charge in [0.1, 0.15) is 18.3 Å². The number of ether oxygens (including phenoxy) is 1. The van der Waals surface area contributed by atoms with Crippen LogP contribution >= 0.6 is 11.6 Å². The fourth-order valence-electron chi connectivity index (χ4n) is 4.74. The molecule has 43 heavy (non-hydrogen) atoms. The van der Waals surface area contributed by atoms with E-state index >= 15 is 0 Å². The highest BCUT2D eigenvalue weighted by Crippen LogP contribution is 2.27. The molecular formula is C33H34ClN3O5S. The predicted molar refractivity (Wildman–Crippen MR) is 169 cm³/mol. The first kappa shape index (κ1) is 31.6. The number of amides is 2. The quantitative estimate of drug-likeness (QED) is 0.234. The van der Waals surface area contributed by atoms with Crippen LogP contribution in [0.4, 0.5) is 5.69 Å². The van der Waals surface area contributed by atoms with Crippen LogP contribution in [0.2, 0.25) is 5.02 Å². The highest BCUT2D eigenvalue weighted by Gasteiger charge is 2.34. The number of sulfonamides is 1. The van der Waals surface area contributed by atoms with Gasteiger partial charge in [-0.2, -0.15) is 0 Å². The number of hydrogen-bond donors (Lipinski definition) is 1. The van der Waals surface area contributed by atoms with Crippen LogP contribution in [-0.4, -0.2) is 51.9 Å². The highest BCUT2D eigenvalue weighted by atomic mass is 35.5. The number of likely N-dealkylation sites (N-methyl/N-ethyl adjacent to an activating group) is 1. The minimum Gasteiger partial charge on any atom is -0.497 e. The van der Waals surface area contributed by atoms with Gasteiger partial charge in [0.15, 0.2) is 0 Å². The normalized spacial score (nSPS) is 11.8. The maximum atomic E-state index is 14.3. The van der Waals surface area contributed by atoms with Crippen LogP contribution in [-0.2, 0) is 32.6 Å². The molecule has 0 saturated carbocycles. The molecule has 4 aromatic rings. The van der Waals surface area contributed by atoms with Gasteiger partial charge in [0.2, 0.25) is 11.8 Å². The molecule has 224 valence electrons. The second-order valence-electron chi connectivity index (χ2n) is 9.99. The Labute approximate surface area is 257 Å². The van der Waals surface area contributed by atoms with Crippen molar-refractivity contribution in [3.05, 3.63) is 125 Å². The fraction of sp³-hybridized carbons (Fsp3) is 0.212. The first-order valence-corrected chi connectivity index (χ1v) is 15.5. The van der Waals surface area contributed by atoms with Crippen molar-refractivity contribution >= 4 is 39.1 Å². The average molecular weight is 620 g/mol. The molecule has 4 rings (SSSR count). The van der Waals surface area contributed by atoms with Crippen molar-refractivity contribution in [2.75, 3.05) is 25.0 Å². The molecule has 1 atom stereocenters. The number of nitrogens with one attached hydrogen (secondary N) is 1. The van der Waals surface area contributed by atoms with Crippen molar-refractivity contribution in [3.8, 4) is 5.75 Å². The molecule has 0 radical (unpaired) electrons. The molecule has 1 N–H and O–H groups in total. The summed E-state index contributed by atoms with van der Waals surface area (Å²) in [6.07, 6.45) is 0.240. The van der Waals surface area contributed by atoms with Gasteiger partial charge in [0.05, 0.1) is 17.7 Å².